The van der Waals surface area contributed by atoms with Gasteiger partial charge in [0.15, 0.2) is 13.9 Å². The summed E-state index contributed by atoms with van der Waals surface area (Å²) in [7, 11) is -2.88. The Morgan fingerprint density at radius 1 is 1.16 bits per heavy atom. The third-order valence-corrected chi connectivity index (χ3v) is 13.6. The number of hydrogen-bond donors (Lipinski definition) is 4. The molecule has 268 valence electrons. The van der Waals surface area contributed by atoms with Crippen molar-refractivity contribution in [2.24, 2.45) is 5.92 Å². The molecular weight excluding hydrogens is 684 g/mol. The number of halogens is 1. The molecule has 2 fully saturated rings. The zero-order valence-corrected chi connectivity index (χ0v) is 30.9. The van der Waals surface area contributed by atoms with Crippen molar-refractivity contribution in [3.63, 3.8) is 0 Å². The van der Waals surface area contributed by atoms with E-state index in [1.807, 2.05) is 92.9 Å². The molecule has 0 aliphatic carbocycles. The van der Waals surface area contributed by atoms with Crippen LogP contribution >= 0.6 is 11.6 Å². The molecule has 3 aromatic carbocycles. The highest BCUT2D eigenvalue weighted by Crippen LogP contribution is 2.60. The van der Waals surface area contributed by atoms with E-state index in [-0.39, 0.29) is 41.8 Å². The SMILES string of the molecule is C[C@H]1[C@H]([Si](C)(C)O)[C@@H](CCn2cc(C(CO)c3ccccc3)nn2)O[C@]12C(=O)N(Cc1ccc(NC(=O)[C@H]3CCCN3)cc1)c1ccc(Cl)cc12. The van der Waals surface area contributed by atoms with Gasteiger partial charge in [-0.05, 0) is 80.4 Å². The molecule has 7 rings (SSSR count). The van der Waals surface area contributed by atoms with Crippen LogP contribution in [-0.4, -0.2) is 70.3 Å². The molecule has 0 saturated carbocycles. The Balaban J connectivity index is 1.12. The van der Waals surface area contributed by atoms with Crippen molar-refractivity contribution in [1.82, 2.24) is 20.3 Å². The number of rotatable bonds is 11. The molecule has 2 saturated heterocycles. The van der Waals surface area contributed by atoms with Gasteiger partial charge >= 0.3 is 0 Å². The maximum Gasteiger partial charge on any atom is 0.264 e. The maximum absolute atomic E-state index is 14.8. The van der Waals surface area contributed by atoms with Crippen molar-refractivity contribution in [3.05, 3.63) is 106 Å². The van der Waals surface area contributed by atoms with E-state index in [1.165, 1.54) is 0 Å². The fourth-order valence-electron chi connectivity index (χ4n) is 8.39. The number of carbonyl (C=O) groups excluding carboxylic acids is 2. The van der Waals surface area contributed by atoms with E-state index in [0.717, 1.165) is 36.2 Å². The summed E-state index contributed by atoms with van der Waals surface area (Å²) in [6.07, 6.45) is 3.72. The molecule has 13 heteroatoms. The van der Waals surface area contributed by atoms with Crippen molar-refractivity contribution in [3.8, 4) is 0 Å². The topological polar surface area (TPSA) is 142 Å². The summed E-state index contributed by atoms with van der Waals surface area (Å²) in [5, 5.41) is 25.6. The molecule has 3 aliphatic heterocycles. The lowest BCUT2D eigenvalue weighted by molar-refractivity contribution is -0.146. The van der Waals surface area contributed by atoms with Crippen LogP contribution in [0.25, 0.3) is 0 Å². The zero-order chi connectivity index (χ0) is 35.9. The smallest absolute Gasteiger partial charge is 0.264 e. The predicted octanol–water partition coefficient (Wildman–Crippen LogP) is 5.18. The third kappa shape index (κ3) is 6.76. The van der Waals surface area contributed by atoms with E-state index >= 15 is 0 Å². The molecule has 11 nitrogen and oxygen atoms in total. The Morgan fingerprint density at radius 2 is 1.92 bits per heavy atom. The summed E-state index contributed by atoms with van der Waals surface area (Å²) in [5.41, 5.74) is 3.08. The van der Waals surface area contributed by atoms with E-state index in [4.69, 9.17) is 16.3 Å². The minimum Gasteiger partial charge on any atom is -0.432 e. The fourth-order valence-corrected chi connectivity index (χ4v) is 11.2. The van der Waals surface area contributed by atoms with Gasteiger partial charge in [-0.1, -0.05) is 66.2 Å². The van der Waals surface area contributed by atoms with Gasteiger partial charge < -0.3 is 30.2 Å². The van der Waals surface area contributed by atoms with Crippen LogP contribution in [0.1, 0.15) is 54.5 Å². The monoisotopic (exact) mass is 728 g/mol. The number of aromatic nitrogens is 3. The molecule has 0 bridgehead atoms. The lowest BCUT2D eigenvalue weighted by Crippen LogP contribution is -2.46. The van der Waals surface area contributed by atoms with Crippen LogP contribution in [0.5, 0.6) is 0 Å². The maximum atomic E-state index is 14.8. The van der Waals surface area contributed by atoms with Crippen LogP contribution in [0.3, 0.4) is 0 Å². The molecular formula is C38H45ClN6O5Si. The van der Waals surface area contributed by atoms with Gasteiger partial charge in [0, 0.05) is 40.5 Å². The van der Waals surface area contributed by atoms with Gasteiger partial charge in [0.05, 0.1) is 42.6 Å². The van der Waals surface area contributed by atoms with E-state index in [9.17, 15) is 19.5 Å². The van der Waals surface area contributed by atoms with Gasteiger partial charge in [-0.2, -0.15) is 0 Å². The first-order valence-corrected chi connectivity index (χ1v) is 21.1. The van der Waals surface area contributed by atoms with Gasteiger partial charge in [-0.15, -0.1) is 5.10 Å². The van der Waals surface area contributed by atoms with E-state index in [0.29, 0.717) is 41.5 Å². The second-order valence-corrected chi connectivity index (χ2v) is 19.0. The Bertz CT molecular complexity index is 1880. The number of aryl methyl sites for hydroxylation is 1. The zero-order valence-electron chi connectivity index (χ0n) is 29.1. The standard InChI is InChI=1S/C38H45ClN6O5Si/c1-24-35(51(2,3)49)34(17-19-44-22-32(42-43-44)29(23-46)26-8-5-4-6-9-26)50-38(24)30-20-27(39)13-16-33(30)45(37(38)48)21-25-11-14-28(15-12-25)41-36(47)31-10-7-18-40-31/h4-6,8-9,11-16,20,22,24,29,31,34-35,40,46,49H,7,10,17-19,21,23H2,1-3H3,(H,41,47)/t24-,29?,31+,34+,35-,38+/m0/s1. The average molecular weight is 729 g/mol. The summed E-state index contributed by atoms with van der Waals surface area (Å²) in [5.74, 6) is -0.858. The quantitative estimate of drug-likeness (QED) is 0.155. The molecule has 1 aromatic heterocycles. The van der Waals surface area contributed by atoms with E-state index < -0.39 is 20.0 Å². The number of benzene rings is 3. The number of carbonyl (C=O) groups is 2. The first-order valence-electron chi connectivity index (χ1n) is 17.7. The number of amides is 2. The molecule has 51 heavy (non-hydrogen) atoms. The number of fused-ring (bicyclic) bond motifs is 2. The molecule has 0 radical (unpaired) electrons. The van der Waals surface area contributed by atoms with Crippen molar-refractivity contribution < 1.29 is 24.2 Å². The molecule has 2 amide bonds. The molecule has 4 N–H and O–H groups in total. The number of aliphatic hydroxyl groups is 1. The summed E-state index contributed by atoms with van der Waals surface area (Å²) in [6, 6.07) is 22.6. The molecule has 1 unspecified atom stereocenters. The highest BCUT2D eigenvalue weighted by Gasteiger charge is 2.66. The number of aliphatic hydroxyl groups excluding tert-OH is 1. The van der Waals surface area contributed by atoms with Crippen LogP contribution in [-0.2, 0) is 33.0 Å². The lowest BCUT2D eigenvalue weighted by Gasteiger charge is -2.32. The molecule has 4 heterocycles. The lowest BCUT2D eigenvalue weighted by atomic mass is 9.82. The van der Waals surface area contributed by atoms with E-state index in [2.05, 4.69) is 20.9 Å². The van der Waals surface area contributed by atoms with Crippen LogP contribution in [0, 0.1) is 5.92 Å². The highest BCUT2D eigenvalue weighted by atomic mass is 35.5. The average Bonchev–Trinajstić information content (AvgIpc) is 3.91. The van der Waals surface area contributed by atoms with Gasteiger partial charge in [0.2, 0.25) is 5.91 Å². The summed E-state index contributed by atoms with van der Waals surface area (Å²) < 4.78 is 8.71. The molecule has 4 aromatic rings. The van der Waals surface area contributed by atoms with Crippen molar-refractivity contribution in [2.75, 3.05) is 23.4 Å². The Labute approximate surface area is 304 Å². The first-order chi connectivity index (χ1) is 24.5. The molecule has 6 atom stereocenters. The number of ether oxygens (including phenoxy) is 1. The van der Waals surface area contributed by atoms with Crippen molar-refractivity contribution in [1.29, 1.82) is 0 Å². The van der Waals surface area contributed by atoms with Crippen LogP contribution in [0.4, 0.5) is 11.4 Å². The van der Waals surface area contributed by atoms with Crippen molar-refractivity contribution in [2.45, 2.75) is 81.6 Å². The fraction of sp³-hybridized carbons (Fsp3) is 0.421. The third-order valence-electron chi connectivity index (χ3n) is 10.8. The minimum absolute atomic E-state index is 0.0413. The van der Waals surface area contributed by atoms with Crippen molar-refractivity contribution >= 4 is 43.1 Å². The summed E-state index contributed by atoms with van der Waals surface area (Å²) in [4.78, 5) is 40.9. The number of nitrogens with one attached hydrogen (secondary N) is 2. The number of anilines is 2. The first kappa shape index (κ1) is 35.5. The summed E-state index contributed by atoms with van der Waals surface area (Å²) >= 11 is 6.58. The molecule has 1 spiro atoms. The Hall–Kier alpha value is -3.91. The van der Waals surface area contributed by atoms with Crippen LogP contribution in [0.2, 0.25) is 23.7 Å². The summed E-state index contributed by atoms with van der Waals surface area (Å²) in [6.45, 7) is 7.32. The predicted molar refractivity (Wildman–Crippen MR) is 198 cm³/mol. The Morgan fingerprint density at radius 3 is 2.61 bits per heavy atom. The minimum atomic E-state index is -2.88. The van der Waals surface area contributed by atoms with Gasteiger partial charge in [-0.25, -0.2) is 0 Å². The largest absolute Gasteiger partial charge is 0.432 e. The second kappa shape index (κ2) is 14.2. The van der Waals surface area contributed by atoms with E-state index in [1.54, 1.807) is 15.6 Å². The number of nitrogens with zero attached hydrogens (tertiary/aromatic N) is 4. The van der Waals surface area contributed by atoms with Gasteiger partial charge in [0.1, 0.15) is 0 Å². The van der Waals surface area contributed by atoms with Crippen LogP contribution < -0.4 is 15.5 Å². The number of hydrogen-bond acceptors (Lipinski definition) is 8. The van der Waals surface area contributed by atoms with Gasteiger partial charge in [0.25, 0.3) is 5.91 Å². The molecule has 3 aliphatic rings. The normalized spacial score (nSPS) is 25.1. The second-order valence-electron chi connectivity index (χ2n) is 14.6. The Kier molecular flexibility index (Phi) is 9.91. The van der Waals surface area contributed by atoms with Crippen LogP contribution in [0.15, 0.2) is 79.0 Å². The highest BCUT2D eigenvalue weighted by molar-refractivity contribution is 6.71. The van der Waals surface area contributed by atoms with Gasteiger partial charge in [-0.3, -0.25) is 14.3 Å².